The van der Waals surface area contributed by atoms with E-state index < -0.39 is 11.7 Å². The molecule has 5 heteroatoms. The average molecular weight is 526 g/mol. The second-order valence-corrected chi connectivity index (χ2v) is 11.6. The number of carbonyl (C=O) groups excluding carboxylic acids is 1. The van der Waals surface area contributed by atoms with Gasteiger partial charge in [0, 0.05) is 12.6 Å². The van der Waals surface area contributed by atoms with Crippen LogP contribution in [-0.2, 0) is 4.74 Å². The summed E-state index contributed by atoms with van der Waals surface area (Å²) in [6, 6.07) is 19.9. The Morgan fingerprint density at radius 1 is 0.842 bits per heavy atom. The van der Waals surface area contributed by atoms with Gasteiger partial charge in [0.25, 0.3) is 0 Å². The van der Waals surface area contributed by atoms with Crippen molar-refractivity contribution in [1.29, 1.82) is 0 Å². The van der Waals surface area contributed by atoms with Crippen LogP contribution in [0.15, 0.2) is 60.7 Å². The predicted molar refractivity (Wildman–Crippen MR) is 156 cm³/mol. The third-order valence-electron chi connectivity index (χ3n) is 7.47. The van der Waals surface area contributed by atoms with Crippen molar-refractivity contribution in [3.05, 3.63) is 71.8 Å². The van der Waals surface area contributed by atoms with Gasteiger partial charge in [-0.2, -0.15) is 0 Å². The van der Waals surface area contributed by atoms with Crippen molar-refractivity contribution in [3.63, 3.8) is 0 Å². The van der Waals surface area contributed by atoms with Crippen molar-refractivity contribution in [2.75, 3.05) is 6.54 Å². The number of rotatable bonds is 8. The maximum atomic E-state index is 12.2. The third-order valence-corrected chi connectivity index (χ3v) is 7.47. The van der Waals surface area contributed by atoms with Crippen LogP contribution in [0.5, 0.6) is 0 Å². The van der Waals surface area contributed by atoms with Gasteiger partial charge in [0.2, 0.25) is 0 Å². The zero-order valence-corrected chi connectivity index (χ0v) is 23.0. The lowest BCUT2D eigenvalue weighted by atomic mass is 9.96. The average Bonchev–Trinajstić information content (AvgIpc) is 3.58. The van der Waals surface area contributed by atoms with Gasteiger partial charge >= 0.3 is 6.09 Å². The Labute approximate surface area is 231 Å². The van der Waals surface area contributed by atoms with Crippen molar-refractivity contribution >= 4 is 6.09 Å². The van der Waals surface area contributed by atoms with Crippen LogP contribution in [0.3, 0.4) is 0 Å². The van der Waals surface area contributed by atoms with Crippen molar-refractivity contribution in [1.82, 2.24) is 4.90 Å². The lowest BCUT2D eigenvalue weighted by Gasteiger charge is -2.29. The highest BCUT2D eigenvalue weighted by molar-refractivity contribution is 5.68. The van der Waals surface area contributed by atoms with Crippen LogP contribution in [0.25, 0.3) is 0 Å². The Morgan fingerprint density at radius 2 is 1.34 bits per heavy atom. The highest BCUT2D eigenvalue weighted by Crippen LogP contribution is 2.31. The van der Waals surface area contributed by atoms with E-state index in [1.807, 2.05) is 86.3 Å². The maximum absolute atomic E-state index is 12.2. The van der Waals surface area contributed by atoms with E-state index in [2.05, 4.69) is 0 Å². The van der Waals surface area contributed by atoms with Crippen LogP contribution in [-0.4, -0.2) is 39.4 Å². The molecule has 0 aromatic heterocycles. The molecule has 0 spiro atoms. The first-order valence-corrected chi connectivity index (χ1v) is 14.2. The minimum Gasteiger partial charge on any atom is -0.444 e. The summed E-state index contributed by atoms with van der Waals surface area (Å²) in [4.78, 5) is 14.0. The fourth-order valence-corrected chi connectivity index (χ4v) is 5.42. The molecule has 1 aliphatic heterocycles. The van der Waals surface area contributed by atoms with Gasteiger partial charge in [-0.15, -0.1) is 0 Å². The number of aliphatic hydroxyl groups excluding tert-OH is 2. The van der Waals surface area contributed by atoms with Crippen LogP contribution in [0, 0.1) is 5.92 Å². The monoisotopic (exact) mass is 525 g/mol. The molecule has 1 saturated carbocycles. The smallest absolute Gasteiger partial charge is 0.410 e. The second-order valence-electron chi connectivity index (χ2n) is 11.6. The number of hydrogen-bond donors (Lipinski definition) is 2. The summed E-state index contributed by atoms with van der Waals surface area (Å²) in [6.45, 7) is 6.40. The molecule has 1 heterocycles. The fourth-order valence-electron chi connectivity index (χ4n) is 5.42. The molecule has 1 amide bonds. The first kappa shape index (κ1) is 31.8. The minimum absolute atomic E-state index is 0. The molecular formula is C33H51NO4. The molecule has 0 bridgehead atoms. The number of benzene rings is 2. The molecule has 1 saturated heterocycles. The molecule has 2 unspecified atom stereocenters. The molecular weight excluding hydrogens is 474 g/mol. The highest BCUT2D eigenvalue weighted by atomic mass is 16.6. The van der Waals surface area contributed by atoms with Crippen LogP contribution < -0.4 is 0 Å². The SMILES string of the molecule is C.CC(C)(C)OC(=O)N1CCC[C@H]1CCC(O)c1ccccc1.OC(CCC1CCCC1)c1ccccc1. The summed E-state index contributed by atoms with van der Waals surface area (Å²) < 4.78 is 5.47. The lowest BCUT2D eigenvalue weighted by Crippen LogP contribution is -2.39. The molecule has 0 radical (unpaired) electrons. The largest absolute Gasteiger partial charge is 0.444 e. The molecule has 2 aromatic carbocycles. The second kappa shape index (κ2) is 15.9. The topological polar surface area (TPSA) is 70.0 Å². The molecule has 2 aliphatic rings. The van der Waals surface area contributed by atoms with E-state index in [-0.39, 0.29) is 25.7 Å². The van der Waals surface area contributed by atoms with Crippen molar-refractivity contribution in [2.45, 2.75) is 116 Å². The number of carbonyl (C=O) groups is 1. The minimum atomic E-state index is -0.470. The number of hydrogen-bond acceptors (Lipinski definition) is 4. The van der Waals surface area contributed by atoms with Gasteiger partial charge in [-0.05, 0) is 76.3 Å². The molecule has 1 aliphatic carbocycles. The Kier molecular flexibility index (Phi) is 13.3. The van der Waals surface area contributed by atoms with Crippen LogP contribution in [0.2, 0.25) is 0 Å². The first-order chi connectivity index (χ1) is 17.7. The van der Waals surface area contributed by atoms with Gasteiger partial charge in [-0.1, -0.05) is 93.8 Å². The Morgan fingerprint density at radius 3 is 1.84 bits per heavy atom. The summed E-state index contributed by atoms with van der Waals surface area (Å²) in [5.41, 5.74) is 1.54. The Bertz CT molecular complexity index is 906. The van der Waals surface area contributed by atoms with Crippen LogP contribution in [0.4, 0.5) is 4.79 Å². The van der Waals surface area contributed by atoms with E-state index in [9.17, 15) is 15.0 Å². The van der Waals surface area contributed by atoms with Gasteiger partial charge in [0.05, 0.1) is 12.2 Å². The van der Waals surface area contributed by atoms with E-state index >= 15 is 0 Å². The fraction of sp³-hybridized carbons (Fsp3) is 0.606. The number of amides is 1. The lowest BCUT2D eigenvalue weighted by molar-refractivity contribution is 0.0207. The Balaban J connectivity index is 0.000000277. The maximum Gasteiger partial charge on any atom is 0.410 e. The van der Waals surface area contributed by atoms with E-state index in [4.69, 9.17) is 4.74 Å². The number of aliphatic hydroxyl groups is 2. The number of likely N-dealkylation sites (tertiary alicyclic amines) is 1. The highest BCUT2D eigenvalue weighted by Gasteiger charge is 2.32. The van der Waals surface area contributed by atoms with E-state index in [0.717, 1.165) is 49.3 Å². The normalized spacial score (nSPS) is 19.2. The van der Waals surface area contributed by atoms with Gasteiger partial charge in [0.15, 0.2) is 0 Å². The molecule has 3 atom stereocenters. The van der Waals surface area contributed by atoms with Gasteiger partial charge < -0.3 is 19.8 Å². The number of nitrogens with zero attached hydrogens (tertiary/aromatic N) is 1. The van der Waals surface area contributed by atoms with E-state index in [1.165, 1.54) is 32.1 Å². The number of ether oxygens (including phenoxy) is 1. The molecule has 2 fully saturated rings. The van der Waals surface area contributed by atoms with Gasteiger partial charge in [-0.25, -0.2) is 4.79 Å². The summed E-state index contributed by atoms with van der Waals surface area (Å²) in [5.74, 6) is 0.878. The van der Waals surface area contributed by atoms with Crippen LogP contribution in [0.1, 0.15) is 116 Å². The molecule has 2 aromatic rings. The standard InChI is InChI=1S/C18H27NO3.C14H20O.CH4/c1-18(2,3)22-17(21)19-13-7-10-15(19)11-12-16(20)14-8-5-4-6-9-14;15-14(13-8-2-1-3-9-13)11-10-12-6-4-5-7-12;/h4-6,8-9,15-16,20H,7,10-13H2,1-3H3;1-3,8-9,12,14-15H,4-7,10-11H2;1H4/t15-,16?;;/m0../s1. The summed E-state index contributed by atoms with van der Waals surface area (Å²) in [7, 11) is 0. The van der Waals surface area contributed by atoms with Crippen molar-refractivity contribution < 1.29 is 19.7 Å². The van der Waals surface area contributed by atoms with Crippen LogP contribution >= 0.6 is 0 Å². The molecule has 5 nitrogen and oxygen atoms in total. The molecule has 212 valence electrons. The zero-order valence-electron chi connectivity index (χ0n) is 23.0. The molecule has 4 rings (SSSR count). The van der Waals surface area contributed by atoms with Gasteiger partial charge in [-0.3, -0.25) is 0 Å². The molecule has 38 heavy (non-hydrogen) atoms. The predicted octanol–water partition coefficient (Wildman–Crippen LogP) is 8.23. The van der Waals surface area contributed by atoms with Gasteiger partial charge in [0.1, 0.15) is 5.60 Å². The summed E-state index contributed by atoms with van der Waals surface area (Å²) in [5, 5.41) is 20.2. The summed E-state index contributed by atoms with van der Waals surface area (Å²) >= 11 is 0. The first-order valence-electron chi connectivity index (χ1n) is 14.2. The quantitative estimate of drug-likeness (QED) is 0.364. The Hall–Kier alpha value is -2.37. The van der Waals surface area contributed by atoms with Crippen molar-refractivity contribution in [3.8, 4) is 0 Å². The van der Waals surface area contributed by atoms with E-state index in [1.54, 1.807) is 0 Å². The van der Waals surface area contributed by atoms with E-state index in [0.29, 0.717) is 6.42 Å². The summed E-state index contributed by atoms with van der Waals surface area (Å²) in [6.07, 6.45) is 10.2. The zero-order chi connectivity index (χ0) is 26.7. The third kappa shape index (κ3) is 10.8. The molecule has 2 N–H and O–H groups in total. The van der Waals surface area contributed by atoms with Crippen molar-refractivity contribution in [2.24, 2.45) is 5.92 Å².